The van der Waals surface area contributed by atoms with Crippen molar-refractivity contribution < 1.29 is 12.8 Å². The third-order valence-electron chi connectivity index (χ3n) is 4.30. The number of hydrogen-bond donors (Lipinski definition) is 0. The molecule has 4 rings (SSSR count). The molecule has 0 atom stereocenters. The summed E-state index contributed by atoms with van der Waals surface area (Å²) in [5, 5.41) is 11.6. The van der Waals surface area contributed by atoms with Crippen molar-refractivity contribution in [1.29, 1.82) is 0 Å². The van der Waals surface area contributed by atoms with Crippen LogP contribution in [0.15, 0.2) is 92.7 Å². The molecular weight excluding hydrogens is 404 g/mol. The molecular formula is C22H18N2O3S2. The molecule has 0 unspecified atom stereocenters. The van der Waals surface area contributed by atoms with Crippen LogP contribution < -0.4 is 0 Å². The maximum atomic E-state index is 12.6. The Morgan fingerprint density at radius 3 is 2.62 bits per heavy atom. The van der Waals surface area contributed by atoms with E-state index in [2.05, 4.69) is 10.2 Å². The van der Waals surface area contributed by atoms with Crippen molar-refractivity contribution in [2.75, 3.05) is 5.75 Å². The zero-order valence-electron chi connectivity index (χ0n) is 15.6. The average molecular weight is 423 g/mol. The third kappa shape index (κ3) is 4.58. The maximum absolute atomic E-state index is 12.6. The summed E-state index contributed by atoms with van der Waals surface area (Å²) in [4.78, 5) is 0.275. The molecule has 0 aliphatic carbocycles. The largest absolute Gasteiger partial charge is 0.411 e. The van der Waals surface area contributed by atoms with Crippen LogP contribution in [0.1, 0.15) is 5.56 Å². The van der Waals surface area contributed by atoms with Crippen molar-refractivity contribution in [3.63, 3.8) is 0 Å². The Bertz CT molecular complexity index is 1290. The van der Waals surface area contributed by atoms with Crippen LogP contribution in [0.5, 0.6) is 0 Å². The van der Waals surface area contributed by atoms with Crippen molar-refractivity contribution in [2.24, 2.45) is 0 Å². The summed E-state index contributed by atoms with van der Waals surface area (Å²) < 4.78 is 30.8. The van der Waals surface area contributed by atoms with Crippen LogP contribution in [-0.2, 0) is 9.84 Å². The fourth-order valence-corrected chi connectivity index (χ4v) is 4.62. The van der Waals surface area contributed by atoms with E-state index in [0.29, 0.717) is 16.9 Å². The zero-order valence-corrected chi connectivity index (χ0v) is 17.3. The van der Waals surface area contributed by atoms with Gasteiger partial charge in [-0.15, -0.1) is 10.2 Å². The van der Waals surface area contributed by atoms with Gasteiger partial charge in [-0.3, -0.25) is 0 Å². The van der Waals surface area contributed by atoms with E-state index < -0.39 is 9.84 Å². The van der Waals surface area contributed by atoms with Gasteiger partial charge >= 0.3 is 0 Å². The van der Waals surface area contributed by atoms with Crippen molar-refractivity contribution in [2.45, 2.75) is 17.0 Å². The minimum absolute atomic E-state index is 0.275. The summed E-state index contributed by atoms with van der Waals surface area (Å²) in [6.45, 7) is 2.00. The molecule has 3 aromatic carbocycles. The van der Waals surface area contributed by atoms with Gasteiger partial charge in [0, 0.05) is 16.7 Å². The second-order valence-electron chi connectivity index (χ2n) is 6.48. The van der Waals surface area contributed by atoms with E-state index >= 15 is 0 Å². The molecule has 1 aromatic heterocycles. The molecule has 0 aliphatic rings. The predicted octanol–water partition coefficient (Wildman–Crippen LogP) is 5.28. The van der Waals surface area contributed by atoms with Gasteiger partial charge in [0.05, 0.1) is 4.90 Å². The molecule has 0 aliphatic heterocycles. The second kappa shape index (κ2) is 8.23. The molecule has 5 nitrogen and oxygen atoms in total. The van der Waals surface area contributed by atoms with Crippen LogP contribution in [0.25, 0.3) is 22.2 Å². The first kappa shape index (κ1) is 19.4. The molecule has 0 bridgehead atoms. The number of nitrogens with zero attached hydrogens (tertiary/aromatic N) is 2. The lowest BCUT2D eigenvalue weighted by atomic mass is 10.1. The van der Waals surface area contributed by atoms with Gasteiger partial charge in [0.1, 0.15) is 0 Å². The Labute approximate surface area is 173 Å². The second-order valence-corrected chi connectivity index (χ2v) is 9.28. The molecule has 0 N–H and O–H groups in total. The topological polar surface area (TPSA) is 73.1 Å². The van der Waals surface area contributed by atoms with E-state index in [1.54, 1.807) is 18.2 Å². The Morgan fingerprint density at radius 2 is 1.79 bits per heavy atom. The molecule has 0 spiro atoms. The van der Waals surface area contributed by atoms with E-state index in [1.165, 1.54) is 17.2 Å². The molecule has 29 heavy (non-hydrogen) atoms. The molecule has 0 radical (unpaired) electrons. The van der Waals surface area contributed by atoms with Crippen LogP contribution in [0.3, 0.4) is 0 Å². The van der Waals surface area contributed by atoms with Gasteiger partial charge in [0.15, 0.2) is 9.84 Å². The van der Waals surface area contributed by atoms with Gasteiger partial charge in [0.25, 0.3) is 5.22 Å². The molecule has 0 saturated carbocycles. The van der Waals surface area contributed by atoms with E-state index in [9.17, 15) is 8.42 Å². The highest BCUT2D eigenvalue weighted by Crippen LogP contribution is 2.24. The minimum atomic E-state index is -3.51. The molecule has 4 aromatic rings. The fourth-order valence-electron chi connectivity index (χ4n) is 2.87. The van der Waals surface area contributed by atoms with E-state index in [1.807, 2.05) is 61.5 Å². The Morgan fingerprint density at radius 1 is 0.966 bits per heavy atom. The van der Waals surface area contributed by atoms with E-state index in [0.717, 1.165) is 21.9 Å². The van der Waals surface area contributed by atoms with Gasteiger partial charge in [-0.05, 0) is 42.0 Å². The third-order valence-corrected chi connectivity index (χ3v) is 6.53. The van der Waals surface area contributed by atoms with Crippen LogP contribution in [0.4, 0.5) is 0 Å². The number of aromatic nitrogens is 2. The monoisotopic (exact) mass is 422 g/mol. The highest BCUT2D eigenvalue weighted by atomic mass is 32.2. The normalized spacial score (nSPS) is 12.0. The summed E-state index contributed by atoms with van der Waals surface area (Å²) in [6.07, 6.45) is 1.59. The number of fused-ring (bicyclic) bond motifs is 1. The lowest BCUT2D eigenvalue weighted by Gasteiger charge is -2.02. The van der Waals surface area contributed by atoms with Crippen molar-refractivity contribution in [1.82, 2.24) is 10.2 Å². The van der Waals surface area contributed by atoms with E-state index in [-0.39, 0.29) is 4.90 Å². The quantitative estimate of drug-likeness (QED) is 0.394. The summed E-state index contributed by atoms with van der Waals surface area (Å²) in [7, 11) is -3.51. The molecule has 0 fully saturated rings. The van der Waals surface area contributed by atoms with Crippen LogP contribution in [-0.4, -0.2) is 24.4 Å². The lowest BCUT2D eigenvalue weighted by molar-refractivity contribution is 0.466. The number of sulfone groups is 1. The molecule has 0 amide bonds. The average Bonchev–Trinajstić information content (AvgIpc) is 3.20. The molecule has 7 heteroatoms. The van der Waals surface area contributed by atoms with Crippen molar-refractivity contribution >= 4 is 32.4 Å². The van der Waals surface area contributed by atoms with Crippen LogP contribution >= 0.6 is 11.8 Å². The molecule has 1 heterocycles. The van der Waals surface area contributed by atoms with Crippen LogP contribution in [0, 0.1) is 6.92 Å². The first-order chi connectivity index (χ1) is 14.0. The fraction of sp³-hybridized carbons (Fsp3) is 0.0909. The number of aryl methyl sites for hydroxylation is 1. The predicted molar refractivity (Wildman–Crippen MR) is 115 cm³/mol. The number of thioether (sulfide) groups is 1. The summed E-state index contributed by atoms with van der Waals surface area (Å²) in [5.41, 5.74) is 1.97. The Balaban J connectivity index is 1.42. The Kier molecular flexibility index (Phi) is 5.51. The first-order valence-electron chi connectivity index (χ1n) is 8.95. The van der Waals surface area contributed by atoms with Gasteiger partial charge in [-0.25, -0.2) is 8.42 Å². The summed E-state index contributed by atoms with van der Waals surface area (Å²) in [6, 6.07) is 20.6. The number of rotatable bonds is 6. The first-order valence-corrected chi connectivity index (χ1v) is 11.5. The standard InChI is InChI=1S/C22H18N2O3S2/c1-16-6-4-9-19(14-16)21-23-24-22(27-21)28-12-5-13-29(25,26)20-11-10-17-7-2-3-8-18(17)15-20/h2-11,13-15H,12H2,1H3/b13-5+. The van der Waals surface area contributed by atoms with Gasteiger partial charge in [0.2, 0.25) is 5.89 Å². The Hall–Kier alpha value is -2.90. The van der Waals surface area contributed by atoms with Gasteiger partial charge in [-0.1, -0.05) is 65.9 Å². The zero-order chi connectivity index (χ0) is 20.3. The highest BCUT2D eigenvalue weighted by Gasteiger charge is 2.12. The molecule has 0 saturated heterocycles. The van der Waals surface area contributed by atoms with Crippen molar-refractivity contribution in [3.05, 3.63) is 83.8 Å². The summed E-state index contributed by atoms with van der Waals surface area (Å²) >= 11 is 1.29. The van der Waals surface area contributed by atoms with Crippen LogP contribution in [0.2, 0.25) is 0 Å². The summed E-state index contributed by atoms with van der Waals surface area (Å²) in [5.74, 6) is 0.853. The lowest BCUT2D eigenvalue weighted by Crippen LogP contribution is -1.96. The number of benzene rings is 3. The number of hydrogen-bond acceptors (Lipinski definition) is 6. The minimum Gasteiger partial charge on any atom is -0.411 e. The SMILES string of the molecule is Cc1cccc(-c2nnc(SC/C=C/S(=O)(=O)c3ccc4ccccc4c3)o2)c1. The maximum Gasteiger partial charge on any atom is 0.277 e. The highest BCUT2D eigenvalue weighted by molar-refractivity contribution is 7.99. The van der Waals surface area contributed by atoms with Gasteiger partial charge in [-0.2, -0.15) is 0 Å². The molecule has 146 valence electrons. The van der Waals surface area contributed by atoms with Crippen molar-refractivity contribution in [3.8, 4) is 11.5 Å². The smallest absolute Gasteiger partial charge is 0.277 e. The van der Waals surface area contributed by atoms with E-state index in [4.69, 9.17) is 4.42 Å². The van der Waals surface area contributed by atoms with Gasteiger partial charge < -0.3 is 4.42 Å².